The highest BCUT2D eigenvalue weighted by Crippen LogP contribution is 2.13. The van der Waals surface area contributed by atoms with Gasteiger partial charge in [-0.05, 0) is 12.1 Å². The Hall–Kier alpha value is -1.46. The molecule has 0 saturated carbocycles. The zero-order valence-corrected chi connectivity index (χ0v) is 7.60. The minimum atomic E-state index is -0.347. The number of para-hydroxylation sites is 1. The highest BCUT2D eigenvalue weighted by Gasteiger charge is 2.07. The fourth-order valence-electron chi connectivity index (χ4n) is 0.948. The van der Waals surface area contributed by atoms with E-state index in [0.717, 1.165) is 0 Å². The largest absolute Gasteiger partial charge is 0.352 e. The van der Waals surface area contributed by atoms with Crippen molar-refractivity contribution < 1.29 is 4.79 Å². The molecule has 1 aromatic rings. The molecule has 0 aliphatic rings. The average molecular weight is 195 g/mol. The van der Waals surface area contributed by atoms with Crippen LogP contribution in [-0.4, -0.2) is 11.4 Å². The van der Waals surface area contributed by atoms with Gasteiger partial charge in [0.1, 0.15) is 0 Å². The van der Waals surface area contributed by atoms with Crippen molar-refractivity contribution in [3.63, 3.8) is 0 Å². The molecule has 13 heavy (non-hydrogen) atoms. The van der Waals surface area contributed by atoms with Crippen LogP contribution in [0.15, 0.2) is 24.3 Å². The number of nitrogens with one attached hydrogen (secondary N) is 2. The molecule has 5 heteroatoms. The quantitative estimate of drug-likeness (QED) is 0.287. The van der Waals surface area contributed by atoms with Gasteiger partial charge in [0, 0.05) is 0 Å². The predicted octanol–water partition coefficient (Wildman–Crippen LogP) is 0.659. The predicted molar refractivity (Wildman–Crippen MR) is 55.4 cm³/mol. The summed E-state index contributed by atoms with van der Waals surface area (Å²) in [5, 5.41) is 2.76. The van der Waals surface area contributed by atoms with E-state index in [2.05, 4.69) is 23.0 Å². The van der Waals surface area contributed by atoms with Gasteiger partial charge in [-0.2, -0.15) is 0 Å². The van der Waals surface area contributed by atoms with Gasteiger partial charge >= 0.3 is 0 Å². The molecular formula is C8H9N3OS. The van der Waals surface area contributed by atoms with Crippen LogP contribution in [-0.2, 0) is 0 Å². The van der Waals surface area contributed by atoms with Crippen molar-refractivity contribution >= 4 is 29.3 Å². The molecule has 4 N–H and O–H groups in total. The van der Waals surface area contributed by atoms with Crippen LogP contribution < -0.4 is 16.6 Å². The van der Waals surface area contributed by atoms with Crippen LogP contribution >= 0.6 is 12.2 Å². The van der Waals surface area contributed by atoms with Crippen molar-refractivity contribution in [2.45, 2.75) is 0 Å². The number of rotatable bonds is 3. The van der Waals surface area contributed by atoms with Crippen LogP contribution in [0.4, 0.5) is 5.69 Å². The summed E-state index contributed by atoms with van der Waals surface area (Å²) in [6.07, 6.45) is 0. The van der Waals surface area contributed by atoms with Crippen molar-refractivity contribution in [2.24, 2.45) is 5.84 Å². The van der Waals surface area contributed by atoms with Crippen LogP contribution in [0.25, 0.3) is 0 Å². The Balaban J connectivity index is 3.03. The molecule has 0 unspecified atom stereocenters. The van der Waals surface area contributed by atoms with Crippen molar-refractivity contribution in [3.8, 4) is 0 Å². The summed E-state index contributed by atoms with van der Waals surface area (Å²) in [5.74, 6) is 4.66. The SMILES string of the molecule is NNC(=O)c1ccccc1NC=S. The third kappa shape index (κ3) is 2.24. The first-order valence-electron chi connectivity index (χ1n) is 3.59. The molecule has 0 aliphatic carbocycles. The number of benzene rings is 1. The Morgan fingerprint density at radius 2 is 2.15 bits per heavy atom. The number of nitrogens with two attached hydrogens (primary N) is 1. The number of carbonyl (C=O) groups excluding carboxylic acids is 1. The summed E-state index contributed by atoms with van der Waals surface area (Å²) in [6, 6.07) is 6.95. The number of thiocarbonyl (C=S) groups is 1. The van der Waals surface area contributed by atoms with Crippen molar-refractivity contribution in [1.82, 2.24) is 5.43 Å². The number of hydrazine groups is 1. The van der Waals surface area contributed by atoms with Gasteiger partial charge in [-0.15, -0.1) is 0 Å². The molecule has 0 aliphatic heterocycles. The number of carbonyl (C=O) groups is 1. The molecule has 68 valence electrons. The van der Waals surface area contributed by atoms with Gasteiger partial charge in [-0.3, -0.25) is 10.2 Å². The molecule has 1 rings (SSSR count). The van der Waals surface area contributed by atoms with E-state index in [1.165, 1.54) is 5.49 Å². The normalized spacial score (nSPS) is 9.00. The van der Waals surface area contributed by atoms with E-state index < -0.39 is 0 Å². The Morgan fingerprint density at radius 1 is 1.46 bits per heavy atom. The summed E-state index contributed by atoms with van der Waals surface area (Å²) < 4.78 is 0. The lowest BCUT2D eigenvalue weighted by molar-refractivity contribution is 0.0954. The lowest BCUT2D eigenvalue weighted by Gasteiger charge is -2.06. The van der Waals surface area contributed by atoms with Crippen molar-refractivity contribution in [2.75, 3.05) is 5.32 Å². The molecule has 0 bridgehead atoms. The monoisotopic (exact) mass is 195 g/mol. The first-order valence-corrected chi connectivity index (χ1v) is 4.07. The number of anilines is 1. The molecule has 0 radical (unpaired) electrons. The highest BCUT2D eigenvalue weighted by atomic mass is 32.1. The summed E-state index contributed by atoms with van der Waals surface area (Å²) in [4.78, 5) is 11.2. The minimum Gasteiger partial charge on any atom is -0.352 e. The molecule has 0 aromatic heterocycles. The topological polar surface area (TPSA) is 67.1 Å². The zero-order valence-electron chi connectivity index (χ0n) is 6.78. The molecule has 0 atom stereocenters. The van der Waals surface area contributed by atoms with E-state index in [1.54, 1.807) is 24.3 Å². The van der Waals surface area contributed by atoms with Gasteiger partial charge in [-0.1, -0.05) is 24.4 Å². The molecule has 0 spiro atoms. The van der Waals surface area contributed by atoms with Crippen LogP contribution in [0.5, 0.6) is 0 Å². The number of hydrogen-bond acceptors (Lipinski definition) is 3. The van der Waals surface area contributed by atoms with E-state index in [-0.39, 0.29) is 5.91 Å². The molecule has 0 saturated heterocycles. The van der Waals surface area contributed by atoms with Crippen molar-refractivity contribution in [3.05, 3.63) is 29.8 Å². The van der Waals surface area contributed by atoms with E-state index in [9.17, 15) is 4.79 Å². The molecule has 0 fully saturated rings. The summed E-state index contributed by atoms with van der Waals surface area (Å²) in [5.41, 5.74) is 4.49. The maximum Gasteiger partial charge on any atom is 0.267 e. The third-order valence-electron chi connectivity index (χ3n) is 1.52. The van der Waals surface area contributed by atoms with Gasteiger partial charge in [0.25, 0.3) is 5.91 Å². The zero-order chi connectivity index (χ0) is 9.68. The van der Waals surface area contributed by atoms with Gasteiger partial charge in [-0.25, -0.2) is 5.84 Å². The second-order valence-electron chi connectivity index (χ2n) is 2.28. The standard InChI is InChI=1S/C8H9N3OS/c9-11-8(12)6-3-1-2-4-7(6)10-5-13/h1-5H,9H2,(H,10,13)(H,11,12). The molecule has 4 nitrogen and oxygen atoms in total. The fourth-order valence-corrected chi connectivity index (χ4v) is 1.08. The number of hydrogen-bond donors (Lipinski definition) is 3. The summed E-state index contributed by atoms with van der Waals surface area (Å²) in [6.45, 7) is 0. The van der Waals surface area contributed by atoms with E-state index >= 15 is 0 Å². The van der Waals surface area contributed by atoms with Gasteiger partial charge in [0.2, 0.25) is 0 Å². The Morgan fingerprint density at radius 3 is 2.77 bits per heavy atom. The summed E-state index contributed by atoms with van der Waals surface area (Å²) in [7, 11) is 0. The summed E-state index contributed by atoms with van der Waals surface area (Å²) >= 11 is 4.62. The lowest BCUT2D eigenvalue weighted by atomic mass is 10.1. The van der Waals surface area contributed by atoms with Crippen LogP contribution in [0.2, 0.25) is 0 Å². The highest BCUT2D eigenvalue weighted by molar-refractivity contribution is 7.79. The van der Waals surface area contributed by atoms with Gasteiger partial charge < -0.3 is 5.32 Å². The Kier molecular flexibility index (Phi) is 3.36. The minimum absolute atomic E-state index is 0.347. The number of amides is 1. The van der Waals surface area contributed by atoms with E-state index in [0.29, 0.717) is 11.3 Å². The first-order chi connectivity index (χ1) is 6.29. The second-order valence-corrected chi connectivity index (χ2v) is 2.52. The molecule has 1 aromatic carbocycles. The third-order valence-corrected chi connectivity index (χ3v) is 1.64. The smallest absolute Gasteiger partial charge is 0.267 e. The average Bonchev–Trinajstić information content (AvgIpc) is 2.18. The second kappa shape index (κ2) is 4.54. The maximum atomic E-state index is 11.2. The lowest BCUT2D eigenvalue weighted by Crippen LogP contribution is -2.30. The van der Waals surface area contributed by atoms with Crippen LogP contribution in [0.1, 0.15) is 10.4 Å². The molecule has 1 amide bonds. The van der Waals surface area contributed by atoms with E-state index in [1.807, 2.05) is 0 Å². The van der Waals surface area contributed by atoms with Gasteiger partial charge in [0.15, 0.2) is 0 Å². The van der Waals surface area contributed by atoms with E-state index in [4.69, 9.17) is 5.84 Å². The van der Waals surface area contributed by atoms with Crippen LogP contribution in [0.3, 0.4) is 0 Å². The Bertz CT molecular complexity index is 327. The molecular weight excluding hydrogens is 186 g/mol. The fraction of sp³-hybridized carbons (Fsp3) is 0. The maximum absolute atomic E-state index is 11.2. The Labute approximate surface area is 81.1 Å². The number of nitrogen functional groups attached to an aromatic ring is 1. The van der Waals surface area contributed by atoms with Crippen LogP contribution in [0, 0.1) is 0 Å². The van der Waals surface area contributed by atoms with Gasteiger partial charge in [0.05, 0.1) is 16.7 Å². The molecule has 0 heterocycles. The van der Waals surface area contributed by atoms with Crippen molar-refractivity contribution in [1.29, 1.82) is 0 Å². The first kappa shape index (κ1) is 9.63.